The minimum Gasteiger partial charge on any atom is -0.0683 e. The predicted octanol–water partition coefficient (Wildman–Crippen LogP) is 5.81. The van der Waals surface area contributed by atoms with E-state index in [-0.39, 0.29) is 0 Å². The van der Waals surface area contributed by atoms with Crippen LogP contribution >= 0.6 is 0 Å². The van der Waals surface area contributed by atoms with Crippen LogP contribution in [0.2, 0.25) is 31.9 Å². The van der Waals surface area contributed by atoms with Gasteiger partial charge in [0, 0.05) is 0 Å². The van der Waals surface area contributed by atoms with Gasteiger partial charge in [0.25, 0.3) is 0 Å². The largest absolute Gasteiger partial charge is 0.0783 e. The van der Waals surface area contributed by atoms with Gasteiger partial charge in [-0.25, -0.2) is 0 Å². The van der Waals surface area contributed by atoms with Gasteiger partial charge in [-0.1, -0.05) is 131 Å². The fraction of sp³-hybridized carbons (Fsp3) is 0.429. The molecule has 128 valence electrons. The van der Waals surface area contributed by atoms with Crippen LogP contribution in [0.1, 0.15) is 27.7 Å². The molecule has 2 heteroatoms. The van der Waals surface area contributed by atoms with Crippen LogP contribution in [0.5, 0.6) is 0 Å². The van der Waals surface area contributed by atoms with Gasteiger partial charge in [0.1, 0.15) is 0 Å². The van der Waals surface area contributed by atoms with Gasteiger partial charge < -0.3 is 0 Å². The maximum atomic E-state index is 2.51. The molecule has 0 saturated carbocycles. The summed E-state index contributed by atoms with van der Waals surface area (Å²) in [5.74, 6) is 0. The molecular formula is C21H36Si2. The van der Waals surface area contributed by atoms with Crippen molar-refractivity contribution >= 4 is 26.5 Å². The molecule has 0 saturated heterocycles. The Morgan fingerprint density at radius 2 is 0.783 bits per heavy atom. The van der Waals surface area contributed by atoms with Crippen LogP contribution in [-0.4, -0.2) is 16.1 Å². The SMILES string of the molecule is CC.CC.C[Si](C)(C[Si](C)(C)c1ccccc1)c1ccccc1. The van der Waals surface area contributed by atoms with Crippen LogP contribution in [0.4, 0.5) is 0 Å². The lowest BCUT2D eigenvalue weighted by Crippen LogP contribution is -2.53. The molecule has 0 radical (unpaired) electrons. The average Bonchev–Trinajstić information content (AvgIpc) is 2.59. The molecule has 2 aromatic carbocycles. The van der Waals surface area contributed by atoms with Gasteiger partial charge in [0.05, 0.1) is 16.1 Å². The van der Waals surface area contributed by atoms with E-state index in [1.807, 2.05) is 27.7 Å². The van der Waals surface area contributed by atoms with Gasteiger partial charge in [0.15, 0.2) is 0 Å². The topological polar surface area (TPSA) is 0 Å². The second-order valence-corrected chi connectivity index (χ2v) is 16.8. The van der Waals surface area contributed by atoms with Gasteiger partial charge in [-0.05, 0) is 0 Å². The van der Waals surface area contributed by atoms with E-state index in [1.54, 1.807) is 10.4 Å². The molecule has 0 aliphatic heterocycles. The highest BCUT2D eigenvalue weighted by atomic mass is 28.4. The molecule has 0 N–H and O–H groups in total. The van der Waals surface area contributed by atoms with Crippen LogP contribution in [-0.2, 0) is 0 Å². The molecule has 0 aliphatic rings. The summed E-state index contributed by atoms with van der Waals surface area (Å²) in [6.45, 7) is 18.1. The molecule has 0 amide bonds. The molecule has 0 aromatic heterocycles. The van der Waals surface area contributed by atoms with Crippen LogP contribution in [0, 0.1) is 0 Å². The molecule has 0 spiro atoms. The van der Waals surface area contributed by atoms with Crippen LogP contribution in [0.15, 0.2) is 60.7 Å². The molecule has 23 heavy (non-hydrogen) atoms. The van der Waals surface area contributed by atoms with Gasteiger partial charge >= 0.3 is 0 Å². The molecule has 0 unspecified atom stereocenters. The minimum absolute atomic E-state index is 1.34. The van der Waals surface area contributed by atoms with E-state index in [0.717, 1.165) is 0 Å². The van der Waals surface area contributed by atoms with Crippen molar-refractivity contribution in [1.82, 2.24) is 0 Å². The van der Waals surface area contributed by atoms with E-state index in [0.29, 0.717) is 0 Å². The highest BCUT2D eigenvalue weighted by Gasteiger charge is 2.34. The van der Waals surface area contributed by atoms with Crippen molar-refractivity contribution in [2.75, 3.05) is 0 Å². The fourth-order valence-electron chi connectivity index (χ4n) is 3.09. The van der Waals surface area contributed by atoms with E-state index < -0.39 is 16.1 Å². The van der Waals surface area contributed by atoms with E-state index in [2.05, 4.69) is 86.9 Å². The summed E-state index contributed by atoms with van der Waals surface area (Å²) in [6.07, 6.45) is 0. The third-order valence-electron chi connectivity index (χ3n) is 3.99. The zero-order valence-electron chi connectivity index (χ0n) is 16.5. The third-order valence-corrected chi connectivity index (χ3v) is 14.9. The van der Waals surface area contributed by atoms with Crippen molar-refractivity contribution in [2.45, 2.75) is 59.6 Å². The van der Waals surface area contributed by atoms with E-state index in [9.17, 15) is 0 Å². The van der Waals surface area contributed by atoms with Crippen molar-refractivity contribution in [2.24, 2.45) is 0 Å². The summed E-state index contributed by atoms with van der Waals surface area (Å²) in [5, 5.41) is 3.18. The Bertz CT molecular complexity index is 467. The molecule has 0 nitrogen and oxygen atoms in total. The number of hydrogen-bond acceptors (Lipinski definition) is 0. The molecular weight excluding hydrogens is 308 g/mol. The summed E-state index contributed by atoms with van der Waals surface area (Å²) >= 11 is 0. The Balaban J connectivity index is 0.00000112. The molecule has 0 aliphatic carbocycles. The summed E-state index contributed by atoms with van der Waals surface area (Å²) in [4.78, 5) is 0. The number of benzene rings is 2. The normalized spacial score (nSPS) is 10.8. The van der Waals surface area contributed by atoms with Crippen LogP contribution in [0.3, 0.4) is 0 Å². The van der Waals surface area contributed by atoms with Gasteiger partial charge in [-0.3, -0.25) is 0 Å². The minimum atomic E-state index is -1.34. The summed E-state index contributed by atoms with van der Waals surface area (Å²) in [6, 6.07) is 22.2. The standard InChI is InChI=1S/C17H24Si2.2C2H6/c1-18(2,16-11-7-5-8-12-16)15-19(3,4)17-13-9-6-10-14-17;2*1-2/h5-14H,15H2,1-4H3;2*1-2H3. The molecule has 0 heterocycles. The first-order valence-corrected chi connectivity index (χ1v) is 15.4. The second-order valence-electron chi connectivity index (χ2n) is 6.68. The van der Waals surface area contributed by atoms with Crippen molar-refractivity contribution in [3.05, 3.63) is 60.7 Å². The first-order chi connectivity index (χ1) is 10.9. The highest BCUT2D eigenvalue weighted by Crippen LogP contribution is 2.20. The Kier molecular flexibility index (Phi) is 10.1. The van der Waals surface area contributed by atoms with E-state index in [4.69, 9.17) is 0 Å². The fourth-order valence-corrected chi connectivity index (χ4v) is 15.7. The third kappa shape index (κ3) is 6.88. The number of rotatable bonds is 4. The number of hydrogen-bond donors (Lipinski definition) is 0. The first-order valence-electron chi connectivity index (χ1n) is 9.03. The van der Waals surface area contributed by atoms with E-state index in [1.165, 1.54) is 5.67 Å². The summed E-state index contributed by atoms with van der Waals surface area (Å²) < 4.78 is 0. The summed E-state index contributed by atoms with van der Waals surface area (Å²) in [7, 11) is -2.67. The maximum Gasteiger partial charge on any atom is 0.0783 e. The van der Waals surface area contributed by atoms with Gasteiger partial charge in [-0.15, -0.1) is 0 Å². The van der Waals surface area contributed by atoms with Crippen LogP contribution < -0.4 is 10.4 Å². The Morgan fingerprint density at radius 1 is 0.522 bits per heavy atom. The van der Waals surface area contributed by atoms with Crippen LogP contribution in [0.25, 0.3) is 0 Å². The lowest BCUT2D eigenvalue weighted by molar-refractivity contribution is 1.50. The van der Waals surface area contributed by atoms with Gasteiger partial charge in [0.2, 0.25) is 0 Å². The summed E-state index contributed by atoms with van der Waals surface area (Å²) in [5.41, 5.74) is 1.41. The van der Waals surface area contributed by atoms with Crippen molar-refractivity contribution in [1.29, 1.82) is 0 Å². The smallest absolute Gasteiger partial charge is 0.0683 e. The molecule has 0 atom stereocenters. The monoisotopic (exact) mass is 344 g/mol. The lowest BCUT2D eigenvalue weighted by atomic mass is 10.4. The molecule has 2 aromatic rings. The predicted molar refractivity (Wildman–Crippen MR) is 115 cm³/mol. The Morgan fingerprint density at radius 3 is 1.04 bits per heavy atom. The van der Waals surface area contributed by atoms with Crippen molar-refractivity contribution < 1.29 is 0 Å². The van der Waals surface area contributed by atoms with Crippen molar-refractivity contribution in [3.63, 3.8) is 0 Å². The maximum absolute atomic E-state index is 2.51. The molecule has 2 rings (SSSR count). The zero-order chi connectivity index (χ0) is 17.9. The first kappa shape index (κ1) is 21.9. The lowest BCUT2D eigenvalue weighted by Gasteiger charge is -2.33. The molecule has 0 fully saturated rings. The van der Waals surface area contributed by atoms with Crippen molar-refractivity contribution in [3.8, 4) is 0 Å². The average molecular weight is 345 g/mol. The Hall–Kier alpha value is -1.13. The second kappa shape index (κ2) is 10.6. The zero-order valence-corrected chi connectivity index (χ0v) is 18.5. The molecule has 0 bridgehead atoms. The Labute approximate surface area is 147 Å². The van der Waals surface area contributed by atoms with E-state index >= 15 is 0 Å². The van der Waals surface area contributed by atoms with Gasteiger partial charge in [-0.2, -0.15) is 0 Å². The quantitative estimate of drug-likeness (QED) is 0.614. The highest BCUT2D eigenvalue weighted by molar-refractivity contribution is 7.06.